The van der Waals surface area contributed by atoms with Gasteiger partial charge in [-0.1, -0.05) is 45.0 Å². The molecule has 2 heterocycles. The van der Waals surface area contributed by atoms with Crippen LogP contribution >= 0.6 is 0 Å². The molecular formula is C23H34N4O. The average molecular weight is 383 g/mol. The summed E-state index contributed by atoms with van der Waals surface area (Å²) in [7, 11) is 1.92. The summed E-state index contributed by atoms with van der Waals surface area (Å²) in [5.41, 5.74) is 4.71. The summed E-state index contributed by atoms with van der Waals surface area (Å²) in [6.45, 7) is 13.5. The number of rotatable bonds is 6. The molecule has 152 valence electrons. The maximum atomic E-state index is 5.47. The summed E-state index contributed by atoms with van der Waals surface area (Å²) in [6, 6.07) is 13.4. The summed E-state index contributed by atoms with van der Waals surface area (Å²) < 4.78 is 5.47. The van der Waals surface area contributed by atoms with Crippen LogP contribution in [0.1, 0.15) is 39.3 Å². The van der Waals surface area contributed by atoms with Crippen LogP contribution in [0.2, 0.25) is 0 Å². The lowest BCUT2D eigenvalue weighted by atomic mass is 9.97. The standard InChI is InChI=1S/C23H34N4O/c1-17(27-12-14-28-15-13-27)18-6-8-19(9-7-18)20-10-11-21(22(24-5)26-20)25-16-23(2,3)4/h6-11,17,25H,12-16H2,1-5H3,(H,24,26). The summed E-state index contributed by atoms with van der Waals surface area (Å²) in [6.07, 6.45) is 0. The highest BCUT2D eigenvalue weighted by Gasteiger charge is 2.18. The van der Waals surface area contributed by atoms with Gasteiger partial charge in [0.05, 0.1) is 24.6 Å². The van der Waals surface area contributed by atoms with Crippen LogP contribution in [0.4, 0.5) is 11.5 Å². The summed E-state index contributed by atoms with van der Waals surface area (Å²) in [5, 5.41) is 6.72. The fourth-order valence-corrected chi connectivity index (χ4v) is 3.42. The molecule has 0 saturated carbocycles. The van der Waals surface area contributed by atoms with Crippen molar-refractivity contribution in [1.29, 1.82) is 0 Å². The van der Waals surface area contributed by atoms with Crippen molar-refractivity contribution in [3.05, 3.63) is 42.0 Å². The molecule has 2 aromatic rings. The third kappa shape index (κ3) is 5.24. The average Bonchev–Trinajstić information content (AvgIpc) is 2.72. The topological polar surface area (TPSA) is 49.4 Å². The number of ether oxygens (including phenoxy) is 1. The van der Waals surface area contributed by atoms with Crippen molar-refractivity contribution < 1.29 is 4.74 Å². The van der Waals surface area contributed by atoms with Gasteiger partial charge in [-0.15, -0.1) is 0 Å². The summed E-state index contributed by atoms with van der Waals surface area (Å²) >= 11 is 0. The molecule has 5 nitrogen and oxygen atoms in total. The minimum Gasteiger partial charge on any atom is -0.382 e. The van der Waals surface area contributed by atoms with E-state index >= 15 is 0 Å². The first-order valence-electron chi connectivity index (χ1n) is 10.2. The van der Waals surface area contributed by atoms with E-state index in [0.29, 0.717) is 6.04 Å². The summed E-state index contributed by atoms with van der Waals surface area (Å²) in [4.78, 5) is 7.30. The molecule has 5 heteroatoms. The second kappa shape index (κ2) is 8.93. The molecule has 0 bridgehead atoms. The maximum Gasteiger partial charge on any atom is 0.149 e. The van der Waals surface area contributed by atoms with Gasteiger partial charge in [0, 0.05) is 38.3 Å². The minimum absolute atomic E-state index is 0.219. The van der Waals surface area contributed by atoms with Gasteiger partial charge in [-0.2, -0.15) is 0 Å². The molecule has 1 aliphatic heterocycles. The van der Waals surface area contributed by atoms with Crippen LogP contribution in [0.5, 0.6) is 0 Å². The van der Waals surface area contributed by atoms with Gasteiger partial charge in [0.15, 0.2) is 0 Å². The van der Waals surface area contributed by atoms with Crippen LogP contribution < -0.4 is 10.6 Å². The Morgan fingerprint density at radius 3 is 2.36 bits per heavy atom. The first-order chi connectivity index (χ1) is 13.4. The van der Waals surface area contributed by atoms with Gasteiger partial charge in [0.1, 0.15) is 5.82 Å². The van der Waals surface area contributed by atoms with Crippen LogP contribution in [0.25, 0.3) is 11.3 Å². The van der Waals surface area contributed by atoms with Crippen LogP contribution in [-0.4, -0.2) is 49.8 Å². The number of anilines is 2. The molecule has 1 unspecified atom stereocenters. The molecule has 0 amide bonds. The first kappa shape index (κ1) is 20.6. The highest BCUT2D eigenvalue weighted by atomic mass is 16.5. The number of nitrogens with one attached hydrogen (secondary N) is 2. The Hall–Kier alpha value is -2.11. The van der Waals surface area contributed by atoms with Gasteiger partial charge in [-0.05, 0) is 30.0 Å². The van der Waals surface area contributed by atoms with Gasteiger partial charge in [0.25, 0.3) is 0 Å². The molecule has 1 aromatic carbocycles. The number of nitrogens with zero attached hydrogens (tertiary/aromatic N) is 2. The van der Waals surface area contributed by atoms with Crippen molar-refractivity contribution in [1.82, 2.24) is 9.88 Å². The van der Waals surface area contributed by atoms with Gasteiger partial charge in [0.2, 0.25) is 0 Å². The van der Waals surface area contributed by atoms with E-state index in [4.69, 9.17) is 9.72 Å². The van der Waals surface area contributed by atoms with E-state index in [1.165, 1.54) is 5.56 Å². The monoisotopic (exact) mass is 382 g/mol. The molecule has 3 rings (SSSR count). The van der Waals surface area contributed by atoms with Crippen molar-refractivity contribution in [2.75, 3.05) is 50.5 Å². The normalized spacial score (nSPS) is 16.6. The molecule has 0 spiro atoms. The van der Waals surface area contributed by atoms with Gasteiger partial charge < -0.3 is 15.4 Å². The highest BCUT2D eigenvalue weighted by Crippen LogP contribution is 2.28. The minimum atomic E-state index is 0.219. The van der Waals surface area contributed by atoms with E-state index in [1.807, 2.05) is 7.05 Å². The Morgan fingerprint density at radius 1 is 1.07 bits per heavy atom. The predicted molar refractivity (Wildman–Crippen MR) is 118 cm³/mol. The lowest BCUT2D eigenvalue weighted by molar-refractivity contribution is 0.0198. The fraction of sp³-hybridized carbons (Fsp3) is 0.522. The van der Waals surface area contributed by atoms with Crippen molar-refractivity contribution in [3.8, 4) is 11.3 Å². The number of hydrogen-bond acceptors (Lipinski definition) is 5. The predicted octanol–water partition coefficient (Wildman–Crippen LogP) is 4.64. The molecule has 2 N–H and O–H groups in total. The van der Waals surface area contributed by atoms with Gasteiger partial charge in [-0.3, -0.25) is 4.90 Å². The van der Waals surface area contributed by atoms with E-state index in [1.54, 1.807) is 0 Å². The van der Waals surface area contributed by atoms with E-state index in [0.717, 1.165) is 55.6 Å². The van der Waals surface area contributed by atoms with Crippen molar-refractivity contribution in [3.63, 3.8) is 0 Å². The van der Waals surface area contributed by atoms with Crippen LogP contribution in [0.3, 0.4) is 0 Å². The van der Waals surface area contributed by atoms with E-state index in [9.17, 15) is 0 Å². The second-order valence-corrected chi connectivity index (χ2v) is 8.70. The van der Waals surface area contributed by atoms with Crippen LogP contribution in [0.15, 0.2) is 36.4 Å². The molecule has 1 aliphatic rings. The maximum absolute atomic E-state index is 5.47. The molecule has 1 atom stereocenters. The second-order valence-electron chi connectivity index (χ2n) is 8.70. The molecule has 28 heavy (non-hydrogen) atoms. The molecular weight excluding hydrogens is 348 g/mol. The Kier molecular flexibility index (Phi) is 6.57. The lowest BCUT2D eigenvalue weighted by Crippen LogP contribution is -2.37. The molecule has 1 saturated heterocycles. The molecule has 0 aliphatic carbocycles. The quantitative estimate of drug-likeness (QED) is 0.762. The molecule has 0 radical (unpaired) electrons. The smallest absolute Gasteiger partial charge is 0.149 e. The first-order valence-corrected chi connectivity index (χ1v) is 10.2. The van der Waals surface area contributed by atoms with Crippen molar-refractivity contribution in [2.45, 2.75) is 33.7 Å². The largest absolute Gasteiger partial charge is 0.382 e. The SMILES string of the molecule is CNc1nc(-c2ccc(C(C)N3CCOCC3)cc2)ccc1NCC(C)(C)C. The third-order valence-corrected chi connectivity index (χ3v) is 5.22. The van der Waals surface area contributed by atoms with Gasteiger partial charge in [-0.25, -0.2) is 4.98 Å². The fourth-order valence-electron chi connectivity index (χ4n) is 3.42. The number of aromatic nitrogens is 1. The Morgan fingerprint density at radius 2 is 1.75 bits per heavy atom. The van der Waals surface area contributed by atoms with Crippen molar-refractivity contribution in [2.24, 2.45) is 5.41 Å². The highest BCUT2D eigenvalue weighted by molar-refractivity contribution is 5.71. The third-order valence-electron chi connectivity index (χ3n) is 5.22. The van der Waals surface area contributed by atoms with Crippen LogP contribution in [0, 0.1) is 5.41 Å². The number of benzene rings is 1. The van der Waals surface area contributed by atoms with Crippen molar-refractivity contribution >= 4 is 11.5 Å². The van der Waals surface area contributed by atoms with Gasteiger partial charge >= 0.3 is 0 Å². The van der Waals surface area contributed by atoms with E-state index in [-0.39, 0.29) is 5.41 Å². The van der Waals surface area contributed by atoms with E-state index < -0.39 is 0 Å². The Balaban J connectivity index is 1.74. The molecule has 1 fully saturated rings. The lowest BCUT2D eigenvalue weighted by Gasteiger charge is -2.32. The number of hydrogen-bond donors (Lipinski definition) is 2. The zero-order valence-corrected chi connectivity index (χ0v) is 17.9. The van der Waals surface area contributed by atoms with Crippen LogP contribution in [-0.2, 0) is 4.74 Å². The Labute approximate surface area is 169 Å². The summed E-state index contributed by atoms with van der Waals surface area (Å²) in [5.74, 6) is 0.882. The number of morpholine rings is 1. The molecule has 1 aromatic heterocycles. The Bertz CT molecular complexity index is 761. The van der Waals surface area contributed by atoms with E-state index in [2.05, 4.69) is 79.6 Å². The number of pyridine rings is 1. The zero-order chi connectivity index (χ0) is 20.1. The zero-order valence-electron chi connectivity index (χ0n) is 17.9.